The van der Waals surface area contributed by atoms with Crippen LogP contribution in [0, 0.1) is 3.57 Å². The average Bonchev–Trinajstić information content (AvgIpc) is 2.08. The summed E-state index contributed by atoms with van der Waals surface area (Å²) in [4.78, 5) is 11.1. The van der Waals surface area contributed by atoms with Crippen molar-refractivity contribution in [1.29, 1.82) is 0 Å². The standard InChI is InChI=1S/C9H6ClIO/c1-2-9(12)6-3-4-7(10)8(11)5-6/h2-5H,1H2. The lowest BCUT2D eigenvalue weighted by Crippen LogP contribution is -1.93. The smallest absolute Gasteiger partial charge is 0.185 e. The van der Waals surface area contributed by atoms with Crippen LogP contribution in [-0.2, 0) is 0 Å². The minimum atomic E-state index is -0.0791. The Hall–Kier alpha value is -0.350. The van der Waals surface area contributed by atoms with Crippen molar-refractivity contribution >= 4 is 40.0 Å². The number of rotatable bonds is 2. The maximum atomic E-state index is 11.1. The van der Waals surface area contributed by atoms with Gasteiger partial charge in [0.05, 0.1) is 5.02 Å². The molecule has 0 aliphatic carbocycles. The SMILES string of the molecule is C=CC(=O)c1ccc(Cl)c(I)c1. The Balaban J connectivity index is 3.13. The van der Waals surface area contributed by atoms with E-state index < -0.39 is 0 Å². The predicted octanol–water partition coefficient (Wildman–Crippen LogP) is 3.31. The van der Waals surface area contributed by atoms with Crippen LogP contribution in [-0.4, -0.2) is 5.78 Å². The number of benzene rings is 1. The highest BCUT2D eigenvalue weighted by atomic mass is 127. The molecule has 0 saturated heterocycles. The number of ketones is 1. The van der Waals surface area contributed by atoms with Crippen LogP contribution in [0.25, 0.3) is 0 Å². The summed E-state index contributed by atoms with van der Waals surface area (Å²) in [7, 11) is 0. The fourth-order valence-electron chi connectivity index (χ4n) is 0.767. The number of carbonyl (C=O) groups excluding carboxylic acids is 1. The Bertz CT molecular complexity index is 333. The molecule has 0 fully saturated rings. The molecule has 0 radical (unpaired) electrons. The Labute approximate surface area is 89.6 Å². The minimum Gasteiger partial charge on any atom is -0.289 e. The zero-order chi connectivity index (χ0) is 9.14. The Kier molecular flexibility index (Phi) is 3.29. The maximum absolute atomic E-state index is 11.1. The first-order valence-electron chi connectivity index (χ1n) is 3.27. The molecule has 0 spiro atoms. The van der Waals surface area contributed by atoms with Gasteiger partial charge in [-0.15, -0.1) is 0 Å². The molecule has 0 aromatic heterocycles. The van der Waals surface area contributed by atoms with E-state index in [-0.39, 0.29) is 5.78 Å². The number of halogens is 2. The lowest BCUT2D eigenvalue weighted by Gasteiger charge is -1.98. The van der Waals surface area contributed by atoms with Gasteiger partial charge in [-0.2, -0.15) is 0 Å². The number of hydrogen-bond acceptors (Lipinski definition) is 1. The molecule has 1 aromatic rings. The summed E-state index contributed by atoms with van der Waals surface area (Å²) >= 11 is 7.87. The second-order valence-electron chi connectivity index (χ2n) is 2.20. The lowest BCUT2D eigenvalue weighted by atomic mass is 10.1. The second kappa shape index (κ2) is 4.05. The van der Waals surface area contributed by atoms with E-state index >= 15 is 0 Å². The highest BCUT2D eigenvalue weighted by Gasteiger charge is 2.03. The number of carbonyl (C=O) groups is 1. The van der Waals surface area contributed by atoms with Crippen molar-refractivity contribution < 1.29 is 4.79 Å². The van der Waals surface area contributed by atoms with Crippen molar-refractivity contribution in [3.8, 4) is 0 Å². The molecule has 3 heteroatoms. The van der Waals surface area contributed by atoms with Crippen molar-refractivity contribution in [2.24, 2.45) is 0 Å². The summed E-state index contributed by atoms with van der Waals surface area (Å²) in [5.41, 5.74) is 0.624. The van der Waals surface area contributed by atoms with Crippen LogP contribution in [0.5, 0.6) is 0 Å². The van der Waals surface area contributed by atoms with E-state index in [4.69, 9.17) is 11.6 Å². The molecule has 1 rings (SSSR count). The van der Waals surface area contributed by atoms with Crippen LogP contribution in [0.15, 0.2) is 30.9 Å². The molecule has 1 nitrogen and oxygen atoms in total. The summed E-state index contributed by atoms with van der Waals surface area (Å²) in [6.07, 6.45) is 1.29. The molecular formula is C9H6ClIO. The first-order valence-corrected chi connectivity index (χ1v) is 4.72. The van der Waals surface area contributed by atoms with Crippen LogP contribution in [0.3, 0.4) is 0 Å². The molecule has 62 valence electrons. The van der Waals surface area contributed by atoms with E-state index in [1.54, 1.807) is 18.2 Å². The van der Waals surface area contributed by atoms with E-state index in [1.807, 2.05) is 0 Å². The molecule has 0 aliphatic heterocycles. The molecule has 0 amide bonds. The maximum Gasteiger partial charge on any atom is 0.185 e. The Morgan fingerprint density at radius 1 is 1.58 bits per heavy atom. The molecule has 0 atom stereocenters. The molecule has 0 heterocycles. The van der Waals surface area contributed by atoms with Crippen molar-refractivity contribution in [1.82, 2.24) is 0 Å². The average molecular weight is 293 g/mol. The van der Waals surface area contributed by atoms with E-state index in [2.05, 4.69) is 29.2 Å². The molecule has 0 saturated carbocycles. The summed E-state index contributed by atoms with van der Waals surface area (Å²) in [6, 6.07) is 5.14. The van der Waals surface area contributed by atoms with E-state index in [1.165, 1.54) is 6.08 Å². The van der Waals surface area contributed by atoms with Gasteiger partial charge in [0.15, 0.2) is 5.78 Å². The first-order chi connectivity index (χ1) is 5.65. The van der Waals surface area contributed by atoms with Crippen LogP contribution < -0.4 is 0 Å². The van der Waals surface area contributed by atoms with Crippen LogP contribution in [0.2, 0.25) is 5.02 Å². The highest BCUT2D eigenvalue weighted by Crippen LogP contribution is 2.19. The number of allylic oxidation sites excluding steroid dienone is 1. The number of hydrogen-bond donors (Lipinski definition) is 0. The molecule has 12 heavy (non-hydrogen) atoms. The summed E-state index contributed by atoms with van der Waals surface area (Å²) in [6.45, 7) is 3.40. The van der Waals surface area contributed by atoms with Crippen molar-refractivity contribution in [3.05, 3.63) is 45.0 Å². The molecule has 0 aliphatic rings. The second-order valence-corrected chi connectivity index (χ2v) is 3.77. The third kappa shape index (κ3) is 2.08. The third-order valence-corrected chi connectivity index (χ3v) is 2.93. The quantitative estimate of drug-likeness (QED) is 0.464. The van der Waals surface area contributed by atoms with Gasteiger partial charge >= 0.3 is 0 Å². The largest absolute Gasteiger partial charge is 0.289 e. The van der Waals surface area contributed by atoms with Gasteiger partial charge in [-0.1, -0.05) is 18.2 Å². The predicted molar refractivity (Wildman–Crippen MR) is 58.7 cm³/mol. The normalized spacial score (nSPS) is 9.50. The van der Waals surface area contributed by atoms with Gasteiger partial charge in [0.25, 0.3) is 0 Å². The Morgan fingerprint density at radius 3 is 2.75 bits per heavy atom. The topological polar surface area (TPSA) is 17.1 Å². The van der Waals surface area contributed by atoms with Crippen LogP contribution in [0.4, 0.5) is 0 Å². The summed E-state index contributed by atoms with van der Waals surface area (Å²) < 4.78 is 0.877. The van der Waals surface area contributed by atoms with Gasteiger partial charge in [-0.3, -0.25) is 4.79 Å². The van der Waals surface area contributed by atoms with E-state index in [9.17, 15) is 4.79 Å². The van der Waals surface area contributed by atoms with Crippen LogP contribution in [0.1, 0.15) is 10.4 Å². The first kappa shape index (κ1) is 9.74. The lowest BCUT2D eigenvalue weighted by molar-refractivity contribution is 0.104. The zero-order valence-electron chi connectivity index (χ0n) is 6.18. The van der Waals surface area contributed by atoms with Crippen molar-refractivity contribution in [2.75, 3.05) is 0 Å². The third-order valence-electron chi connectivity index (χ3n) is 1.39. The zero-order valence-corrected chi connectivity index (χ0v) is 9.09. The van der Waals surface area contributed by atoms with Crippen LogP contribution >= 0.6 is 34.2 Å². The van der Waals surface area contributed by atoms with Gasteiger partial charge in [-0.05, 0) is 46.9 Å². The fourth-order valence-corrected chi connectivity index (χ4v) is 1.40. The van der Waals surface area contributed by atoms with Gasteiger partial charge < -0.3 is 0 Å². The van der Waals surface area contributed by atoms with Gasteiger partial charge in [0.1, 0.15) is 0 Å². The van der Waals surface area contributed by atoms with Gasteiger partial charge in [0, 0.05) is 9.13 Å². The van der Waals surface area contributed by atoms with Crippen molar-refractivity contribution in [2.45, 2.75) is 0 Å². The Morgan fingerprint density at radius 2 is 2.25 bits per heavy atom. The molecular weight excluding hydrogens is 286 g/mol. The molecule has 0 unspecified atom stereocenters. The molecule has 0 bridgehead atoms. The summed E-state index contributed by atoms with van der Waals surface area (Å²) in [5.74, 6) is -0.0791. The van der Waals surface area contributed by atoms with Crippen molar-refractivity contribution in [3.63, 3.8) is 0 Å². The van der Waals surface area contributed by atoms with E-state index in [0.29, 0.717) is 10.6 Å². The molecule has 0 N–H and O–H groups in total. The van der Waals surface area contributed by atoms with Gasteiger partial charge in [0.2, 0.25) is 0 Å². The van der Waals surface area contributed by atoms with E-state index in [0.717, 1.165) is 3.57 Å². The fraction of sp³-hybridized carbons (Fsp3) is 0. The van der Waals surface area contributed by atoms with Gasteiger partial charge in [-0.25, -0.2) is 0 Å². The molecule has 1 aromatic carbocycles. The summed E-state index contributed by atoms with van der Waals surface area (Å²) in [5, 5.41) is 0.663. The minimum absolute atomic E-state index is 0.0791. The monoisotopic (exact) mass is 292 g/mol. The highest BCUT2D eigenvalue weighted by molar-refractivity contribution is 14.1.